The van der Waals surface area contributed by atoms with Gasteiger partial charge in [-0.1, -0.05) is 0 Å². The third-order valence-electron chi connectivity index (χ3n) is 2.95. The maximum atomic E-state index is 11.0. The van der Waals surface area contributed by atoms with Crippen LogP contribution in [0.25, 0.3) is 11.3 Å². The number of nitrogens with one attached hydrogen (secondary N) is 1. The van der Waals surface area contributed by atoms with Gasteiger partial charge < -0.3 is 10.5 Å². The van der Waals surface area contributed by atoms with Crippen LogP contribution in [0.4, 0.5) is 5.82 Å². The van der Waals surface area contributed by atoms with Crippen LogP contribution in [-0.4, -0.2) is 36.2 Å². The molecule has 1 fully saturated rings. The van der Waals surface area contributed by atoms with Crippen LogP contribution in [0.1, 0.15) is 0 Å². The van der Waals surface area contributed by atoms with Crippen molar-refractivity contribution in [3.05, 3.63) is 30.3 Å². The van der Waals surface area contributed by atoms with E-state index in [1.165, 1.54) is 0 Å². The van der Waals surface area contributed by atoms with Crippen molar-refractivity contribution in [1.29, 1.82) is 0 Å². The van der Waals surface area contributed by atoms with Gasteiger partial charge in [-0.25, -0.2) is 8.42 Å². The van der Waals surface area contributed by atoms with Gasteiger partial charge in [0.25, 0.3) is 0 Å². The average Bonchev–Trinajstić information content (AvgIpc) is 2.74. The lowest BCUT2D eigenvalue weighted by Gasteiger charge is -2.26. The lowest BCUT2D eigenvalue weighted by molar-refractivity contribution is 0.230. The van der Waals surface area contributed by atoms with Gasteiger partial charge in [0.1, 0.15) is 17.7 Å². The maximum absolute atomic E-state index is 11.0. The van der Waals surface area contributed by atoms with E-state index in [0.29, 0.717) is 11.6 Å². The van der Waals surface area contributed by atoms with E-state index in [4.69, 9.17) is 10.5 Å². The number of ether oxygens (including phenoxy) is 1. The topological polar surface area (TPSA) is 98.1 Å². The molecular formula is C12H13N3O3S. The molecule has 0 atom stereocenters. The van der Waals surface area contributed by atoms with E-state index in [-0.39, 0.29) is 17.6 Å². The number of nitrogen functional groups attached to an aromatic ring is 1. The van der Waals surface area contributed by atoms with Crippen LogP contribution in [0.2, 0.25) is 0 Å². The van der Waals surface area contributed by atoms with Crippen LogP contribution in [-0.2, 0) is 9.84 Å². The molecule has 0 saturated carbocycles. The van der Waals surface area contributed by atoms with Gasteiger partial charge in [-0.3, -0.25) is 5.10 Å². The normalized spacial score (nSPS) is 17.9. The van der Waals surface area contributed by atoms with Crippen LogP contribution < -0.4 is 10.5 Å². The van der Waals surface area contributed by atoms with Crippen molar-refractivity contribution in [3.8, 4) is 17.0 Å². The smallest absolute Gasteiger partial charge is 0.157 e. The third-order valence-corrected chi connectivity index (χ3v) is 4.70. The van der Waals surface area contributed by atoms with E-state index in [1.54, 1.807) is 18.2 Å². The Bertz CT molecular complexity index is 679. The summed E-state index contributed by atoms with van der Waals surface area (Å²) >= 11 is 0. The highest BCUT2D eigenvalue weighted by atomic mass is 32.2. The van der Waals surface area contributed by atoms with Crippen LogP contribution in [0, 0.1) is 0 Å². The number of hydrogen-bond acceptors (Lipinski definition) is 5. The molecule has 1 aliphatic rings. The minimum Gasteiger partial charge on any atom is -0.488 e. The largest absolute Gasteiger partial charge is 0.488 e. The molecule has 1 aromatic heterocycles. The van der Waals surface area contributed by atoms with Gasteiger partial charge in [-0.15, -0.1) is 0 Å². The second kappa shape index (κ2) is 4.27. The first kappa shape index (κ1) is 12.0. The number of H-pyrrole nitrogens is 1. The number of hydrogen-bond donors (Lipinski definition) is 2. The predicted molar refractivity (Wildman–Crippen MR) is 71.5 cm³/mol. The highest BCUT2D eigenvalue weighted by molar-refractivity contribution is 7.92. The van der Waals surface area contributed by atoms with E-state index < -0.39 is 9.84 Å². The Morgan fingerprint density at radius 2 is 1.95 bits per heavy atom. The standard InChI is InChI=1S/C12H13N3O3S/c13-12-5-11(14-15-12)8-1-3-9(4-2-8)18-10-6-19(16,17)7-10/h1-5,10H,6-7H2,(H3,13,14,15). The van der Waals surface area contributed by atoms with Crippen molar-refractivity contribution in [2.24, 2.45) is 0 Å². The number of aromatic amines is 1. The Morgan fingerprint density at radius 3 is 2.47 bits per heavy atom. The van der Waals surface area contributed by atoms with E-state index in [1.807, 2.05) is 12.1 Å². The summed E-state index contributed by atoms with van der Waals surface area (Å²) in [6.45, 7) is 0. The molecule has 0 radical (unpaired) electrons. The number of rotatable bonds is 3. The Labute approximate surface area is 110 Å². The maximum Gasteiger partial charge on any atom is 0.157 e. The minimum absolute atomic E-state index is 0.103. The molecule has 7 heteroatoms. The summed E-state index contributed by atoms with van der Waals surface area (Å²) in [7, 11) is -2.85. The lowest BCUT2D eigenvalue weighted by Crippen LogP contribution is -2.45. The van der Waals surface area contributed by atoms with Gasteiger partial charge in [0.05, 0.1) is 17.2 Å². The van der Waals surface area contributed by atoms with Crippen molar-refractivity contribution < 1.29 is 13.2 Å². The molecule has 1 aliphatic heterocycles. The molecule has 3 N–H and O–H groups in total. The van der Waals surface area contributed by atoms with E-state index >= 15 is 0 Å². The molecule has 100 valence electrons. The lowest BCUT2D eigenvalue weighted by atomic mass is 10.1. The second-order valence-electron chi connectivity index (χ2n) is 4.55. The average molecular weight is 279 g/mol. The van der Waals surface area contributed by atoms with Gasteiger partial charge in [-0.2, -0.15) is 5.10 Å². The molecule has 0 aliphatic carbocycles. The zero-order valence-corrected chi connectivity index (χ0v) is 10.9. The summed E-state index contributed by atoms with van der Waals surface area (Å²) in [5, 5.41) is 6.68. The highest BCUT2D eigenvalue weighted by Gasteiger charge is 2.35. The molecule has 0 amide bonds. The minimum atomic E-state index is -2.85. The summed E-state index contributed by atoms with van der Waals surface area (Å²) < 4.78 is 27.6. The number of sulfone groups is 1. The van der Waals surface area contributed by atoms with Crippen LogP contribution in [0.15, 0.2) is 30.3 Å². The van der Waals surface area contributed by atoms with Crippen molar-refractivity contribution in [2.75, 3.05) is 17.2 Å². The zero-order valence-electron chi connectivity index (χ0n) is 10.0. The summed E-state index contributed by atoms with van der Waals surface area (Å²) in [6, 6.07) is 9.09. The van der Waals surface area contributed by atoms with Crippen LogP contribution in [0.5, 0.6) is 5.75 Å². The first-order chi connectivity index (χ1) is 9.02. The number of aromatic nitrogens is 2. The molecule has 0 bridgehead atoms. The first-order valence-electron chi connectivity index (χ1n) is 5.80. The summed E-state index contributed by atoms with van der Waals surface area (Å²) in [4.78, 5) is 0. The van der Waals surface area contributed by atoms with Crippen molar-refractivity contribution in [1.82, 2.24) is 10.2 Å². The molecule has 1 saturated heterocycles. The molecule has 3 rings (SSSR count). The van der Waals surface area contributed by atoms with Crippen molar-refractivity contribution in [3.63, 3.8) is 0 Å². The van der Waals surface area contributed by atoms with Gasteiger partial charge >= 0.3 is 0 Å². The molecule has 6 nitrogen and oxygen atoms in total. The van der Waals surface area contributed by atoms with Gasteiger partial charge in [0.15, 0.2) is 9.84 Å². The summed E-state index contributed by atoms with van der Waals surface area (Å²) in [5.41, 5.74) is 7.31. The monoisotopic (exact) mass is 279 g/mol. The molecule has 2 aromatic rings. The van der Waals surface area contributed by atoms with E-state index in [2.05, 4.69) is 10.2 Å². The number of benzene rings is 1. The molecule has 19 heavy (non-hydrogen) atoms. The number of nitrogens with zero attached hydrogens (tertiary/aromatic N) is 1. The Morgan fingerprint density at radius 1 is 1.26 bits per heavy atom. The Balaban J connectivity index is 1.69. The quantitative estimate of drug-likeness (QED) is 0.867. The predicted octanol–water partition coefficient (Wildman–Crippen LogP) is 0.835. The fourth-order valence-corrected chi connectivity index (χ4v) is 3.15. The van der Waals surface area contributed by atoms with E-state index in [9.17, 15) is 8.42 Å². The molecule has 2 heterocycles. The zero-order chi connectivity index (χ0) is 13.5. The fraction of sp³-hybridized carbons (Fsp3) is 0.250. The number of anilines is 1. The summed E-state index contributed by atoms with van der Waals surface area (Å²) in [6.07, 6.45) is -0.223. The highest BCUT2D eigenvalue weighted by Crippen LogP contribution is 2.24. The van der Waals surface area contributed by atoms with Crippen LogP contribution in [0.3, 0.4) is 0 Å². The molecular weight excluding hydrogens is 266 g/mol. The van der Waals surface area contributed by atoms with Gasteiger partial charge in [-0.05, 0) is 29.8 Å². The van der Waals surface area contributed by atoms with Crippen LogP contribution >= 0.6 is 0 Å². The first-order valence-corrected chi connectivity index (χ1v) is 7.62. The number of nitrogens with two attached hydrogens (primary N) is 1. The summed E-state index contributed by atoms with van der Waals surface area (Å²) in [5.74, 6) is 1.31. The van der Waals surface area contributed by atoms with Crippen molar-refractivity contribution >= 4 is 15.7 Å². The SMILES string of the molecule is Nc1cc(-c2ccc(OC3CS(=O)(=O)C3)cc2)[nH]n1. The van der Waals surface area contributed by atoms with Gasteiger partial charge in [0.2, 0.25) is 0 Å². The molecule has 1 aromatic carbocycles. The Hall–Kier alpha value is -2.02. The van der Waals surface area contributed by atoms with Crippen molar-refractivity contribution in [2.45, 2.75) is 6.10 Å². The molecule has 0 spiro atoms. The second-order valence-corrected chi connectivity index (χ2v) is 6.70. The van der Waals surface area contributed by atoms with Gasteiger partial charge in [0, 0.05) is 6.07 Å². The Kier molecular flexibility index (Phi) is 2.70. The fourth-order valence-electron chi connectivity index (χ4n) is 1.98. The van der Waals surface area contributed by atoms with E-state index in [0.717, 1.165) is 11.3 Å². The third kappa shape index (κ3) is 2.55. The molecule has 0 unspecified atom stereocenters.